The van der Waals surface area contributed by atoms with Gasteiger partial charge in [0.05, 0.1) is 11.7 Å². The second-order valence-corrected chi connectivity index (χ2v) is 10.4. The van der Waals surface area contributed by atoms with Crippen LogP contribution < -0.4 is 0 Å². The molecule has 2 saturated carbocycles. The number of hydrogen-bond acceptors (Lipinski definition) is 7. The maximum absolute atomic E-state index is 13.5. The lowest BCUT2D eigenvalue weighted by atomic mass is 9.40. The number of Topliss-reactive ketones (excluding diaryl/α,β-unsaturated/α-hetero) is 1. The predicted octanol–water partition coefficient (Wildman–Crippen LogP) is 1.52. The van der Waals surface area contributed by atoms with Crippen LogP contribution in [-0.4, -0.2) is 62.2 Å². The average molecular weight is 411 g/mol. The van der Waals surface area contributed by atoms with Crippen LogP contribution in [0.2, 0.25) is 0 Å². The van der Waals surface area contributed by atoms with E-state index in [1.807, 2.05) is 13.8 Å². The molecule has 0 amide bonds. The zero-order valence-corrected chi connectivity index (χ0v) is 18.2. The first-order chi connectivity index (χ1) is 13.1. The number of rotatable bonds is 2. The summed E-state index contributed by atoms with van der Waals surface area (Å²) in [7, 11) is 0. The first kappa shape index (κ1) is 22.4. The van der Waals surface area contributed by atoms with Crippen LogP contribution in [0.5, 0.6) is 0 Å². The molecule has 1 aliphatic heterocycles. The molecule has 1 saturated heterocycles. The van der Waals surface area contributed by atoms with Crippen molar-refractivity contribution in [2.24, 2.45) is 16.7 Å². The summed E-state index contributed by atoms with van der Waals surface area (Å²) in [6.07, 6.45) is -1.30. The van der Waals surface area contributed by atoms with E-state index in [4.69, 9.17) is 9.47 Å². The van der Waals surface area contributed by atoms with Crippen molar-refractivity contribution in [3.05, 3.63) is 12.7 Å². The zero-order chi connectivity index (χ0) is 22.2. The predicted molar refractivity (Wildman–Crippen MR) is 105 cm³/mol. The van der Waals surface area contributed by atoms with Crippen LogP contribution in [-0.2, 0) is 19.1 Å². The largest absolute Gasteiger partial charge is 0.459 e. The lowest BCUT2D eigenvalue weighted by Gasteiger charge is -2.71. The molecule has 164 valence electrons. The van der Waals surface area contributed by atoms with Gasteiger partial charge in [0.1, 0.15) is 17.8 Å². The first-order valence-electron chi connectivity index (χ1n) is 10.2. The quantitative estimate of drug-likeness (QED) is 0.467. The number of fused-ring (bicyclic) bond motifs is 3. The second kappa shape index (κ2) is 6.36. The van der Waals surface area contributed by atoms with Crippen molar-refractivity contribution in [3.8, 4) is 0 Å². The molecule has 8 atom stereocenters. The van der Waals surface area contributed by atoms with Gasteiger partial charge in [0.25, 0.3) is 0 Å². The molecule has 0 aromatic rings. The summed E-state index contributed by atoms with van der Waals surface area (Å²) >= 11 is 0. The van der Waals surface area contributed by atoms with E-state index in [2.05, 4.69) is 6.58 Å². The fourth-order valence-electron chi connectivity index (χ4n) is 6.60. The molecule has 1 unspecified atom stereocenters. The monoisotopic (exact) mass is 410 g/mol. The van der Waals surface area contributed by atoms with Crippen LogP contribution in [0, 0.1) is 16.7 Å². The van der Waals surface area contributed by atoms with Gasteiger partial charge in [0, 0.05) is 24.7 Å². The molecule has 1 heterocycles. The highest BCUT2D eigenvalue weighted by Gasteiger charge is 2.81. The van der Waals surface area contributed by atoms with E-state index < -0.39 is 63.6 Å². The summed E-state index contributed by atoms with van der Waals surface area (Å²) in [6, 6.07) is 0. The molecule has 7 heteroatoms. The second-order valence-electron chi connectivity index (χ2n) is 10.4. The Labute approximate surface area is 172 Å². The first-order valence-corrected chi connectivity index (χ1v) is 10.2. The Hall–Kier alpha value is -1.28. The molecular weight excluding hydrogens is 376 g/mol. The highest BCUT2D eigenvalue weighted by atomic mass is 16.6. The fraction of sp³-hybridized carbons (Fsp3) is 0.818. The molecule has 29 heavy (non-hydrogen) atoms. The Kier molecular flexibility index (Phi) is 4.91. The lowest BCUT2D eigenvalue weighted by molar-refractivity contribution is -0.370. The van der Waals surface area contributed by atoms with Gasteiger partial charge >= 0.3 is 5.97 Å². The molecule has 3 fully saturated rings. The van der Waals surface area contributed by atoms with Gasteiger partial charge in [0.15, 0.2) is 11.4 Å². The van der Waals surface area contributed by atoms with Gasteiger partial charge in [-0.25, -0.2) is 0 Å². The SMILES string of the molecule is C=C[C@@]1(C)CC(=O)[C@@]2(O)[C@](C)(O1)[C@@H](O)[C@@H](OC(C)=O)C1C(C)(C)CC[C@H](O)[C@@]12C. The topological polar surface area (TPSA) is 113 Å². The molecule has 3 rings (SSSR count). The Morgan fingerprint density at radius 1 is 1.24 bits per heavy atom. The molecule has 0 bridgehead atoms. The highest BCUT2D eigenvalue weighted by Crippen LogP contribution is 2.67. The molecule has 0 radical (unpaired) electrons. The van der Waals surface area contributed by atoms with Gasteiger partial charge in [-0.05, 0) is 32.1 Å². The van der Waals surface area contributed by atoms with Crippen LogP contribution in [0.15, 0.2) is 12.7 Å². The molecule has 0 spiro atoms. The van der Waals surface area contributed by atoms with Gasteiger partial charge in [-0.2, -0.15) is 0 Å². The number of ketones is 1. The number of carbonyl (C=O) groups is 2. The van der Waals surface area contributed by atoms with Crippen molar-refractivity contribution in [2.75, 3.05) is 0 Å². The summed E-state index contributed by atoms with van der Waals surface area (Å²) < 4.78 is 11.8. The number of aliphatic hydroxyl groups excluding tert-OH is 2. The normalized spacial score (nSPS) is 51.6. The number of ether oxygens (including phenoxy) is 2. The lowest BCUT2D eigenvalue weighted by Crippen LogP contribution is -2.86. The Morgan fingerprint density at radius 2 is 1.83 bits per heavy atom. The van der Waals surface area contributed by atoms with Gasteiger partial charge in [0.2, 0.25) is 0 Å². The molecule has 0 aromatic carbocycles. The van der Waals surface area contributed by atoms with E-state index in [0.717, 1.165) is 0 Å². The molecule has 7 nitrogen and oxygen atoms in total. The van der Waals surface area contributed by atoms with E-state index in [1.165, 1.54) is 19.9 Å². The molecular formula is C22H34O7. The minimum absolute atomic E-state index is 0.136. The zero-order valence-electron chi connectivity index (χ0n) is 18.2. The third-order valence-corrected chi connectivity index (χ3v) is 8.04. The third-order valence-electron chi connectivity index (χ3n) is 8.04. The number of esters is 1. The maximum atomic E-state index is 13.5. The maximum Gasteiger partial charge on any atom is 0.303 e. The summed E-state index contributed by atoms with van der Waals surface area (Å²) in [4.78, 5) is 25.5. The Balaban J connectivity index is 2.32. The van der Waals surface area contributed by atoms with Gasteiger partial charge in [-0.3, -0.25) is 9.59 Å². The van der Waals surface area contributed by atoms with Gasteiger partial charge < -0.3 is 24.8 Å². The molecule has 2 aliphatic carbocycles. The van der Waals surface area contributed by atoms with Crippen molar-refractivity contribution >= 4 is 11.8 Å². The average Bonchev–Trinajstić information content (AvgIpc) is 2.60. The van der Waals surface area contributed by atoms with Crippen molar-refractivity contribution in [1.29, 1.82) is 0 Å². The van der Waals surface area contributed by atoms with E-state index in [1.54, 1.807) is 13.8 Å². The van der Waals surface area contributed by atoms with Crippen LogP contribution in [0.1, 0.15) is 60.8 Å². The number of carbonyl (C=O) groups excluding carboxylic acids is 2. The van der Waals surface area contributed by atoms with Gasteiger partial charge in [-0.15, -0.1) is 6.58 Å². The van der Waals surface area contributed by atoms with Crippen molar-refractivity contribution in [3.63, 3.8) is 0 Å². The Morgan fingerprint density at radius 3 is 2.34 bits per heavy atom. The summed E-state index contributed by atoms with van der Waals surface area (Å²) in [5.41, 5.74) is -7.03. The van der Waals surface area contributed by atoms with Crippen molar-refractivity contribution in [2.45, 2.75) is 95.9 Å². The van der Waals surface area contributed by atoms with Crippen molar-refractivity contribution < 1.29 is 34.4 Å². The summed E-state index contributed by atoms with van der Waals surface area (Å²) in [5, 5.41) is 34.6. The van der Waals surface area contributed by atoms with E-state index in [9.17, 15) is 24.9 Å². The fourth-order valence-corrected chi connectivity index (χ4v) is 6.60. The molecule has 3 aliphatic rings. The Bertz CT molecular complexity index is 747. The number of hydrogen-bond donors (Lipinski definition) is 3. The van der Waals surface area contributed by atoms with Crippen LogP contribution in [0.4, 0.5) is 0 Å². The standard InChI is InChI=1S/C22H34O7/c1-8-19(5)11-14(25)22(27)20(6)13(24)9-10-18(3,4)16(20)15(28-12(2)23)17(26)21(22,7)29-19/h8,13,15-17,24,26-27H,1,9-11H2,2-7H3/t13-,15-,16?,17-,19-,20-,21+,22-/m0/s1. The van der Waals surface area contributed by atoms with Crippen LogP contribution in [0.3, 0.4) is 0 Å². The van der Waals surface area contributed by atoms with Crippen LogP contribution in [0.25, 0.3) is 0 Å². The highest BCUT2D eigenvalue weighted by molar-refractivity contribution is 5.92. The number of aliphatic hydroxyl groups is 3. The minimum Gasteiger partial charge on any atom is -0.459 e. The summed E-state index contributed by atoms with van der Waals surface area (Å²) in [6.45, 7) is 13.6. The third kappa shape index (κ3) is 2.63. The minimum atomic E-state index is -2.18. The van der Waals surface area contributed by atoms with Gasteiger partial charge in [-0.1, -0.05) is 26.8 Å². The molecule has 3 N–H and O–H groups in total. The smallest absolute Gasteiger partial charge is 0.303 e. The van der Waals surface area contributed by atoms with E-state index in [0.29, 0.717) is 12.8 Å². The van der Waals surface area contributed by atoms with Crippen LogP contribution >= 0.6 is 0 Å². The molecule has 0 aromatic heterocycles. The van der Waals surface area contributed by atoms with Crippen molar-refractivity contribution in [1.82, 2.24) is 0 Å². The summed E-state index contributed by atoms with van der Waals surface area (Å²) in [5.74, 6) is -1.77. The van der Waals surface area contributed by atoms with E-state index >= 15 is 0 Å². The van der Waals surface area contributed by atoms with E-state index in [-0.39, 0.29) is 6.42 Å².